The molecule has 0 radical (unpaired) electrons. The zero-order valence-electron chi connectivity index (χ0n) is 16.2. The second-order valence-corrected chi connectivity index (χ2v) is 8.54. The van der Waals surface area contributed by atoms with Crippen LogP contribution in [0.25, 0.3) is 0 Å². The number of urea groups is 1. The van der Waals surface area contributed by atoms with E-state index in [1.54, 1.807) is 11.0 Å². The number of rotatable bonds is 5. The molecule has 2 heterocycles. The van der Waals surface area contributed by atoms with E-state index in [9.17, 15) is 18.8 Å². The van der Waals surface area contributed by atoms with Crippen LogP contribution in [-0.4, -0.2) is 54.0 Å². The number of imide groups is 1. The summed E-state index contributed by atoms with van der Waals surface area (Å²) in [6, 6.07) is 4.26. The van der Waals surface area contributed by atoms with E-state index < -0.39 is 17.4 Å². The molecule has 1 unspecified atom stereocenters. The van der Waals surface area contributed by atoms with Crippen molar-refractivity contribution in [3.05, 3.63) is 29.0 Å². The van der Waals surface area contributed by atoms with Crippen LogP contribution in [0.5, 0.6) is 0 Å². The molecule has 9 heteroatoms. The lowest BCUT2D eigenvalue weighted by atomic mass is 9.87. The maximum atomic E-state index is 13.8. The van der Waals surface area contributed by atoms with Crippen LogP contribution in [0.3, 0.4) is 0 Å². The maximum absolute atomic E-state index is 13.8. The first kappa shape index (κ1) is 19.9. The van der Waals surface area contributed by atoms with Gasteiger partial charge < -0.3 is 15.1 Å². The van der Waals surface area contributed by atoms with Gasteiger partial charge in [0.2, 0.25) is 5.91 Å². The molecule has 4 rings (SSSR count). The number of anilines is 1. The molecule has 4 amide bonds. The Morgan fingerprint density at radius 1 is 1.31 bits per heavy atom. The van der Waals surface area contributed by atoms with Crippen LogP contribution in [0.2, 0.25) is 5.02 Å². The summed E-state index contributed by atoms with van der Waals surface area (Å²) in [6.07, 6.45) is 2.28. The monoisotopic (exact) mass is 422 g/mol. The third-order valence-corrected chi connectivity index (χ3v) is 6.50. The molecular weight excluding hydrogens is 399 g/mol. The number of hydrogen-bond acceptors (Lipinski definition) is 4. The predicted molar refractivity (Wildman–Crippen MR) is 106 cm³/mol. The van der Waals surface area contributed by atoms with Gasteiger partial charge in [0, 0.05) is 37.8 Å². The largest absolute Gasteiger partial charge is 0.365 e. The molecule has 2 N–H and O–H groups in total. The standard InChI is InChI=1S/C20H24ClFN4O3/c1-12-11-25(8-9-26(12)14-4-5-15(21)16(22)10-14)17(27)6-7-20(13-2-3-13)18(28)23-19(29)24-20/h4-5,10,12-13H,2-3,6-9,11H2,1H3,(H2,23,24,28,29)/t12-,20?/m0/s1. The summed E-state index contributed by atoms with van der Waals surface area (Å²) >= 11 is 5.77. The molecule has 0 bridgehead atoms. The minimum Gasteiger partial charge on any atom is -0.365 e. The SMILES string of the molecule is C[C@H]1CN(C(=O)CCC2(C3CC3)NC(=O)NC2=O)CCN1c1ccc(Cl)c(F)c1. The highest BCUT2D eigenvalue weighted by molar-refractivity contribution is 6.30. The fraction of sp³-hybridized carbons (Fsp3) is 0.550. The fourth-order valence-electron chi connectivity index (χ4n) is 4.44. The third kappa shape index (κ3) is 3.77. The van der Waals surface area contributed by atoms with Crippen molar-refractivity contribution in [3.63, 3.8) is 0 Å². The molecule has 0 spiro atoms. The van der Waals surface area contributed by atoms with Crippen LogP contribution in [-0.2, 0) is 9.59 Å². The second kappa shape index (κ2) is 7.48. The topological polar surface area (TPSA) is 81.8 Å². The summed E-state index contributed by atoms with van der Waals surface area (Å²) in [5.41, 5.74) is -0.203. The van der Waals surface area contributed by atoms with E-state index in [1.807, 2.05) is 6.92 Å². The van der Waals surface area contributed by atoms with E-state index in [4.69, 9.17) is 11.6 Å². The van der Waals surface area contributed by atoms with Crippen molar-refractivity contribution in [1.29, 1.82) is 0 Å². The molecule has 1 aromatic carbocycles. The lowest BCUT2D eigenvalue weighted by Crippen LogP contribution is -2.54. The number of benzene rings is 1. The molecule has 2 aliphatic heterocycles. The van der Waals surface area contributed by atoms with Gasteiger partial charge in [0.05, 0.1) is 5.02 Å². The lowest BCUT2D eigenvalue weighted by Gasteiger charge is -2.41. The Balaban J connectivity index is 1.36. The van der Waals surface area contributed by atoms with Crippen molar-refractivity contribution in [1.82, 2.24) is 15.5 Å². The Kier molecular flexibility index (Phi) is 5.14. The minimum absolute atomic E-state index is 0.0140. The number of hydrogen-bond donors (Lipinski definition) is 2. The first-order valence-corrected chi connectivity index (χ1v) is 10.3. The van der Waals surface area contributed by atoms with Gasteiger partial charge in [0.25, 0.3) is 5.91 Å². The number of amides is 4. The van der Waals surface area contributed by atoms with E-state index in [0.717, 1.165) is 18.5 Å². The van der Waals surface area contributed by atoms with E-state index >= 15 is 0 Å². The van der Waals surface area contributed by atoms with E-state index in [0.29, 0.717) is 26.1 Å². The van der Waals surface area contributed by atoms with Crippen LogP contribution in [0, 0.1) is 11.7 Å². The van der Waals surface area contributed by atoms with Crippen molar-refractivity contribution in [2.45, 2.75) is 44.2 Å². The van der Waals surface area contributed by atoms with Gasteiger partial charge in [-0.1, -0.05) is 11.6 Å². The third-order valence-electron chi connectivity index (χ3n) is 6.19. The molecule has 29 heavy (non-hydrogen) atoms. The second-order valence-electron chi connectivity index (χ2n) is 8.13. The molecule has 1 saturated carbocycles. The maximum Gasteiger partial charge on any atom is 0.322 e. The molecule has 3 aliphatic rings. The zero-order valence-corrected chi connectivity index (χ0v) is 17.0. The van der Waals surface area contributed by atoms with Crippen molar-refractivity contribution in [2.24, 2.45) is 5.92 Å². The summed E-state index contributed by atoms with van der Waals surface area (Å²) in [5, 5.41) is 5.16. The van der Waals surface area contributed by atoms with Gasteiger partial charge in [-0.3, -0.25) is 14.9 Å². The normalized spacial score (nSPS) is 27.1. The van der Waals surface area contributed by atoms with Crippen molar-refractivity contribution in [3.8, 4) is 0 Å². The molecule has 0 aromatic heterocycles. The van der Waals surface area contributed by atoms with Crippen LogP contribution >= 0.6 is 11.6 Å². The van der Waals surface area contributed by atoms with E-state index in [1.165, 1.54) is 12.1 Å². The van der Waals surface area contributed by atoms with Crippen molar-refractivity contribution >= 4 is 35.1 Å². The molecule has 7 nitrogen and oxygen atoms in total. The van der Waals surface area contributed by atoms with Crippen molar-refractivity contribution in [2.75, 3.05) is 24.5 Å². The van der Waals surface area contributed by atoms with Crippen LogP contribution in [0.4, 0.5) is 14.9 Å². The Morgan fingerprint density at radius 2 is 2.07 bits per heavy atom. The highest BCUT2D eigenvalue weighted by Gasteiger charge is 2.55. The summed E-state index contributed by atoms with van der Waals surface area (Å²) in [5.74, 6) is -0.706. The first-order chi connectivity index (χ1) is 13.8. The van der Waals surface area contributed by atoms with Gasteiger partial charge in [0.15, 0.2) is 0 Å². The Labute approximate surface area is 173 Å². The molecule has 2 atom stereocenters. The van der Waals surface area contributed by atoms with E-state index in [2.05, 4.69) is 15.5 Å². The smallest absolute Gasteiger partial charge is 0.322 e. The van der Waals surface area contributed by atoms with Gasteiger partial charge in [0.1, 0.15) is 11.4 Å². The number of piperazine rings is 1. The van der Waals surface area contributed by atoms with Crippen LogP contribution < -0.4 is 15.5 Å². The molecule has 156 valence electrons. The van der Waals surface area contributed by atoms with Crippen molar-refractivity contribution < 1.29 is 18.8 Å². The summed E-state index contributed by atoms with van der Waals surface area (Å²) in [4.78, 5) is 40.6. The molecule has 3 fully saturated rings. The van der Waals surface area contributed by atoms with Gasteiger partial charge in [-0.2, -0.15) is 0 Å². The number of carbonyl (C=O) groups is 3. The van der Waals surface area contributed by atoms with Gasteiger partial charge in [-0.15, -0.1) is 0 Å². The number of carbonyl (C=O) groups excluding carboxylic acids is 3. The summed E-state index contributed by atoms with van der Waals surface area (Å²) in [7, 11) is 0. The average molecular weight is 423 g/mol. The minimum atomic E-state index is -0.943. The molecule has 1 aliphatic carbocycles. The Bertz CT molecular complexity index is 862. The number of nitrogens with zero attached hydrogens (tertiary/aromatic N) is 2. The Morgan fingerprint density at radius 3 is 2.66 bits per heavy atom. The predicted octanol–water partition coefficient (Wildman–Crippen LogP) is 2.28. The number of nitrogens with one attached hydrogen (secondary N) is 2. The average Bonchev–Trinajstić information content (AvgIpc) is 3.48. The van der Waals surface area contributed by atoms with Gasteiger partial charge in [-0.05, 0) is 50.3 Å². The summed E-state index contributed by atoms with van der Waals surface area (Å²) in [6.45, 7) is 3.60. The fourth-order valence-corrected chi connectivity index (χ4v) is 4.56. The molecular formula is C20H24ClFN4O3. The summed E-state index contributed by atoms with van der Waals surface area (Å²) < 4.78 is 13.8. The molecule has 1 aromatic rings. The van der Waals surface area contributed by atoms with Crippen LogP contribution in [0.15, 0.2) is 18.2 Å². The van der Waals surface area contributed by atoms with Gasteiger partial charge >= 0.3 is 6.03 Å². The quantitative estimate of drug-likeness (QED) is 0.713. The Hall–Kier alpha value is -2.35. The van der Waals surface area contributed by atoms with Gasteiger partial charge in [-0.25, -0.2) is 9.18 Å². The van der Waals surface area contributed by atoms with Crippen LogP contribution in [0.1, 0.15) is 32.6 Å². The highest BCUT2D eigenvalue weighted by atomic mass is 35.5. The highest BCUT2D eigenvalue weighted by Crippen LogP contribution is 2.43. The molecule has 2 saturated heterocycles. The first-order valence-electron chi connectivity index (χ1n) is 9.93. The number of halogens is 2. The van der Waals surface area contributed by atoms with E-state index in [-0.39, 0.29) is 35.2 Å². The zero-order chi connectivity index (χ0) is 20.8. The lowest BCUT2D eigenvalue weighted by molar-refractivity contribution is -0.133.